The van der Waals surface area contributed by atoms with E-state index in [1.807, 2.05) is 0 Å². The molecule has 0 bridgehead atoms. The van der Waals surface area contributed by atoms with Crippen molar-refractivity contribution in [2.45, 2.75) is 66.7 Å². The van der Waals surface area contributed by atoms with Gasteiger partial charge in [0.25, 0.3) is 0 Å². The Labute approximate surface area is 282 Å². The van der Waals surface area contributed by atoms with Gasteiger partial charge in [0.1, 0.15) is 0 Å². The summed E-state index contributed by atoms with van der Waals surface area (Å²) in [6, 6.07) is 0. The second-order valence-corrected chi connectivity index (χ2v) is 13.0. The molecule has 10 nitrogen and oxygen atoms in total. The molecule has 10 heteroatoms. The zero-order chi connectivity index (χ0) is 33.4. The van der Waals surface area contributed by atoms with Crippen molar-refractivity contribution in [3.05, 3.63) is 0 Å². The van der Waals surface area contributed by atoms with Crippen LogP contribution < -0.4 is 21.7 Å². The van der Waals surface area contributed by atoms with Crippen molar-refractivity contribution >= 4 is 0 Å². The normalized spacial score (nSPS) is 12.4. The number of nitrogens with one attached hydrogen (secondary N) is 3. The minimum absolute atomic E-state index is 0.728. The third-order valence-corrected chi connectivity index (χ3v) is 8.54. The fourth-order valence-electron chi connectivity index (χ4n) is 5.56. The van der Waals surface area contributed by atoms with Crippen molar-refractivity contribution in [2.24, 2.45) is 5.73 Å². The van der Waals surface area contributed by atoms with Gasteiger partial charge in [-0.1, -0.05) is 34.6 Å². The van der Waals surface area contributed by atoms with Crippen molar-refractivity contribution in [3.63, 3.8) is 0 Å². The topological polar surface area (TPSA) is 81.5 Å². The molecule has 272 valence electrons. The summed E-state index contributed by atoms with van der Waals surface area (Å²) < 4.78 is 0. The standard InChI is InChI=1S/C35H82N10/c1-8-14-37-17-23-43(22-13-36)33-35-45(25-19-39-16-10-3)31-28-41(7)27-29-42(21-12-5)32-34-44(24-18-38-15-9-2)30-26-40(6)20-11-4/h37-39H,8-36H2,1-7H3. The lowest BCUT2D eigenvalue weighted by Crippen LogP contribution is -2.45. The summed E-state index contributed by atoms with van der Waals surface area (Å²) in [5, 5.41) is 10.8. The van der Waals surface area contributed by atoms with Gasteiger partial charge in [0.15, 0.2) is 0 Å². The predicted molar refractivity (Wildman–Crippen MR) is 200 cm³/mol. The van der Waals surface area contributed by atoms with Crippen molar-refractivity contribution < 1.29 is 0 Å². The Kier molecular flexibility index (Phi) is 33.2. The second-order valence-electron chi connectivity index (χ2n) is 13.0. The average molecular weight is 643 g/mol. The van der Waals surface area contributed by atoms with Crippen molar-refractivity contribution in [1.82, 2.24) is 45.3 Å². The van der Waals surface area contributed by atoms with Crippen LogP contribution in [0.15, 0.2) is 0 Å². The van der Waals surface area contributed by atoms with Crippen molar-refractivity contribution in [3.8, 4) is 0 Å². The molecule has 0 aromatic rings. The number of rotatable bonds is 36. The van der Waals surface area contributed by atoms with Crippen LogP contribution in [0.1, 0.15) is 66.7 Å². The van der Waals surface area contributed by atoms with E-state index in [9.17, 15) is 0 Å². The smallest absolute Gasteiger partial charge is 0.0110 e. The van der Waals surface area contributed by atoms with E-state index in [0.29, 0.717) is 0 Å². The third-order valence-electron chi connectivity index (χ3n) is 8.54. The molecule has 0 saturated carbocycles. The molecule has 45 heavy (non-hydrogen) atoms. The van der Waals surface area contributed by atoms with Gasteiger partial charge in [-0.25, -0.2) is 0 Å². The van der Waals surface area contributed by atoms with Gasteiger partial charge >= 0.3 is 0 Å². The van der Waals surface area contributed by atoms with E-state index in [0.717, 1.165) is 137 Å². The van der Waals surface area contributed by atoms with Crippen LogP contribution in [0.3, 0.4) is 0 Å². The molecule has 0 fully saturated rings. The van der Waals surface area contributed by atoms with Crippen LogP contribution in [0, 0.1) is 0 Å². The summed E-state index contributed by atoms with van der Waals surface area (Å²) in [6.07, 6.45) is 6.02. The van der Waals surface area contributed by atoms with Crippen LogP contribution >= 0.6 is 0 Å². The Morgan fingerprint density at radius 2 is 0.644 bits per heavy atom. The summed E-state index contributed by atoms with van der Waals surface area (Å²) in [7, 11) is 4.58. The largest absolute Gasteiger partial charge is 0.329 e. The molecular formula is C35H82N10. The molecule has 0 aliphatic carbocycles. The Hall–Kier alpha value is -0.400. The average Bonchev–Trinajstić information content (AvgIpc) is 3.03. The van der Waals surface area contributed by atoms with E-state index in [1.165, 1.54) is 45.2 Å². The summed E-state index contributed by atoms with van der Waals surface area (Å²) in [4.78, 5) is 15.6. The quantitative estimate of drug-likeness (QED) is 0.0761. The van der Waals surface area contributed by atoms with Gasteiger partial charge in [-0.2, -0.15) is 0 Å². The Balaban J connectivity index is 4.87. The molecule has 0 aromatic heterocycles. The molecule has 0 aliphatic heterocycles. The number of nitrogens with two attached hydrogens (primary N) is 1. The monoisotopic (exact) mass is 643 g/mol. The lowest BCUT2D eigenvalue weighted by Gasteiger charge is -2.31. The molecule has 0 amide bonds. The molecular weight excluding hydrogens is 560 g/mol. The van der Waals surface area contributed by atoms with Gasteiger partial charge in [-0.05, 0) is 78.9 Å². The highest BCUT2D eigenvalue weighted by Crippen LogP contribution is 1.99. The minimum Gasteiger partial charge on any atom is -0.329 e. The van der Waals surface area contributed by atoms with E-state index in [1.54, 1.807) is 0 Å². The van der Waals surface area contributed by atoms with Crippen LogP contribution in [-0.4, -0.2) is 194 Å². The molecule has 0 rings (SSSR count). The van der Waals surface area contributed by atoms with Crippen LogP contribution in [-0.2, 0) is 0 Å². The first-order valence-electron chi connectivity index (χ1n) is 19.0. The van der Waals surface area contributed by atoms with Crippen molar-refractivity contribution in [1.29, 1.82) is 0 Å². The van der Waals surface area contributed by atoms with E-state index in [-0.39, 0.29) is 0 Å². The Morgan fingerprint density at radius 3 is 0.978 bits per heavy atom. The number of hydrogen-bond acceptors (Lipinski definition) is 10. The highest BCUT2D eigenvalue weighted by Gasteiger charge is 2.13. The molecule has 0 heterocycles. The Morgan fingerprint density at radius 1 is 0.333 bits per heavy atom. The summed E-state index contributed by atoms with van der Waals surface area (Å²) in [5.41, 5.74) is 5.96. The molecule has 0 aliphatic rings. The zero-order valence-electron chi connectivity index (χ0n) is 31.6. The zero-order valence-corrected chi connectivity index (χ0v) is 31.6. The van der Waals surface area contributed by atoms with E-state index < -0.39 is 0 Å². The van der Waals surface area contributed by atoms with Crippen LogP contribution in [0.5, 0.6) is 0 Å². The first-order chi connectivity index (χ1) is 21.9. The highest BCUT2D eigenvalue weighted by atomic mass is 15.3. The van der Waals surface area contributed by atoms with Crippen LogP contribution in [0.2, 0.25) is 0 Å². The molecule has 0 radical (unpaired) electrons. The maximum atomic E-state index is 5.96. The summed E-state index contributed by atoms with van der Waals surface area (Å²) in [6.45, 7) is 36.6. The maximum Gasteiger partial charge on any atom is 0.0110 e. The fourth-order valence-corrected chi connectivity index (χ4v) is 5.56. The van der Waals surface area contributed by atoms with Gasteiger partial charge in [-0.15, -0.1) is 0 Å². The van der Waals surface area contributed by atoms with Gasteiger partial charge in [0, 0.05) is 118 Å². The Bertz CT molecular complexity index is 585. The fraction of sp³-hybridized carbons (Fsp3) is 1.00. The summed E-state index contributed by atoms with van der Waals surface area (Å²) in [5.74, 6) is 0. The molecule has 5 N–H and O–H groups in total. The van der Waals surface area contributed by atoms with E-state index >= 15 is 0 Å². The lowest BCUT2D eigenvalue weighted by molar-refractivity contribution is 0.161. The van der Waals surface area contributed by atoms with Gasteiger partial charge in [-0.3, -0.25) is 14.7 Å². The third kappa shape index (κ3) is 28.3. The minimum atomic E-state index is 0.728. The van der Waals surface area contributed by atoms with Gasteiger partial charge in [0.05, 0.1) is 0 Å². The molecule has 0 saturated heterocycles. The lowest BCUT2D eigenvalue weighted by atomic mass is 10.3. The number of hydrogen-bond donors (Lipinski definition) is 4. The van der Waals surface area contributed by atoms with Gasteiger partial charge < -0.3 is 36.4 Å². The number of likely N-dealkylation sites (N-methyl/N-ethyl adjacent to an activating group) is 2. The first-order valence-corrected chi connectivity index (χ1v) is 19.0. The maximum absolute atomic E-state index is 5.96. The second kappa shape index (κ2) is 33.5. The summed E-state index contributed by atoms with van der Waals surface area (Å²) >= 11 is 0. The van der Waals surface area contributed by atoms with Crippen LogP contribution in [0.4, 0.5) is 0 Å². The molecule has 0 spiro atoms. The van der Waals surface area contributed by atoms with E-state index in [2.05, 4.69) is 94.1 Å². The molecule has 0 atom stereocenters. The van der Waals surface area contributed by atoms with Crippen LogP contribution in [0.25, 0.3) is 0 Å². The van der Waals surface area contributed by atoms with E-state index in [4.69, 9.17) is 5.73 Å². The van der Waals surface area contributed by atoms with Gasteiger partial charge in [0.2, 0.25) is 0 Å². The highest BCUT2D eigenvalue weighted by molar-refractivity contribution is 4.71. The number of nitrogens with zero attached hydrogens (tertiary/aromatic N) is 6. The SMILES string of the molecule is CCCNCCN(CCN)CCN(CCNCCC)CCN(C)CCN(CCC)CCN(CCNCCC)CCN(C)CCC. The molecule has 0 aromatic carbocycles. The molecule has 0 unspecified atom stereocenters. The predicted octanol–water partition coefficient (Wildman–Crippen LogP) is 1.84. The first kappa shape index (κ1) is 44.6. The van der Waals surface area contributed by atoms with Crippen molar-refractivity contribution in [2.75, 3.05) is 165 Å².